The largest absolute Gasteiger partial charge is 0.481 e. The number of benzene rings is 3. The maximum Gasteiger partial charge on any atom is 0.408 e. The molecule has 5 atom stereocenters. The zero-order chi connectivity index (χ0) is 69.5. The SMILES string of the molecule is C[C@H](CC(=O)[C@H](C)NC(=O)OCc1ccccc1)C(=O)N[C@@H](CC(N)=O)C(=O)CCCCN(C(=O)CSC[C@H](CC(=O)CCOCCOCCOCCOCCNC(=O)CN1C(=O)C=CC1=O)C(=O)O)[C@@H](c1cc(-c2cc(F)ccc2F)cn1Cc1ccccc1)C(C)(C)C. The number of Topliss-reactive ketones (excluding diaryl/α,β-unsaturated/α-hetero) is 3. The van der Waals surface area contributed by atoms with Crippen molar-refractivity contribution in [3.8, 4) is 11.1 Å². The van der Waals surface area contributed by atoms with Gasteiger partial charge < -0.3 is 59.9 Å². The summed E-state index contributed by atoms with van der Waals surface area (Å²) in [6.07, 6.45) is 1.90. The molecule has 0 fully saturated rings. The van der Waals surface area contributed by atoms with Crippen LogP contribution in [0.3, 0.4) is 0 Å². The summed E-state index contributed by atoms with van der Waals surface area (Å²) < 4.78 is 59.3. The Morgan fingerprint density at radius 2 is 1.33 bits per heavy atom. The van der Waals surface area contributed by atoms with Gasteiger partial charge in [0.2, 0.25) is 23.6 Å². The highest BCUT2D eigenvalue weighted by Crippen LogP contribution is 2.42. The third-order valence-electron chi connectivity index (χ3n) is 15.0. The molecule has 1 aliphatic heterocycles. The van der Waals surface area contributed by atoms with Crippen molar-refractivity contribution in [3.05, 3.63) is 132 Å². The second-order valence-corrected chi connectivity index (χ2v) is 24.9. The van der Waals surface area contributed by atoms with E-state index < -0.39 is 113 Å². The lowest BCUT2D eigenvalue weighted by molar-refractivity contribution is -0.143. The number of primary amides is 1. The topological polar surface area (TPSA) is 328 Å². The lowest BCUT2D eigenvalue weighted by Gasteiger charge is -2.41. The van der Waals surface area contributed by atoms with Crippen LogP contribution in [0, 0.1) is 28.9 Å². The van der Waals surface area contributed by atoms with Gasteiger partial charge in [-0.1, -0.05) is 88.4 Å². The van der Waals surface area contributed by atoms with Crippen molar-refractivity contribution in [1.82, 2.24) is 30.3 Å². The Hall–Kier alpha value is -8.50. The standard InChI is InChI=1S/C68H87F2N7O17S/c1-45(34-58(80)46(2)73-67(89)94-42-48-16-10-7-11-17-48)65(86)74-55(38-59(71)81)57(79)18-12-13-25-76(64(68(3,4)5)56-36-49(53-37-51(69)19-20-54(53)70)40-75(56)39-47-14-8-6-9-15-47)63(85)44-95-43-50(66(87)88)35-52(78)23-26-90-28-30-92-32-33-93-31-29-91-27-24-72-60(82)41-77-61(83)21-22-62(77)84/h6-11,14-17,19-22,36-37,40,45-46,50,55,64H,12-13,18,23-35,38-39,41-44H2,1-5H3,(H2,71,81)(H,72,82)(H,73,89)(H,74,86)(H,87,88)/t45-,46+,50+,55+,64+/m1/s1. The highest BCUT2D eigenvalue weighted by Gasteiger charge is 2.38. The number of hydrogen-bond donors (Lipinski definition) is 5. The van der Waals surface area contributed by atoms with Gasteiger partial charge in [0.15, 0.2) is 11.6 Å². The van der Waals surface area contributed by atoms with E-state index in [0.717, 1.165) is 58.1 Å². The van der Waals surface area contributed by atoms with E-state index in [-0.39, 0.29) is 147 Å². The minimum absolute atomic E-state index is 0.00607. The predicted molar refractivity (Wildman–Crippen MR) is 347 cm³/mol. The highest BCUT2D eigenvalue weighted by atomic mass is 32.2. The lowest BCUT2D eigenvalue weighted by atomic mass is 9.82. The van der Waals surface area contributed by atoms with Crippen LogP contribution in [0.1, 0.15) is 102 Å². The number of aliphatic carboxylic acids is 1. The second-order valence-electron chi connectivity index (χ2n) is 23.8. The summed E-state index contributed by atoms with van der Waals surface area (Å²) in [5, 5.41) is 17.8. The Labute approximate surface area is 555 Å². The van der Waals surface area contributed by atoms with Gasteiger partial charge in [0.05, 0.1) is 89.1 Å². The van der Waals surface area contributed by atoms with E-state index in [1.54, 1.807) is 41.4 Å². The number of aromatic nitrogens is 1. The minimum atomic E-state index is -1.36. The minimum Gasteiger partial charge on any atom is -0.481 e. The molecular formula is C68H87F2N7O17S. The van der Waals surface area contributed by atoms with E-state index >= 15 is 4.39 Å². The second kappa shape index (κ2) is 40.0. The van der Waals surface area contributed by atoms with Crippen molar-refractivity contribution >= 4 is 76.6 Å². The molecule has 3 aromatic carbocycles. The third kappa shape index (κ3) is 27.4. The number of nitrogens with two attached hydrogens (primary N) is 1. The fourth-order valence-electron chi connectivity index (χ4n) is 10.1. The molecule has 0 spiro atoms. The first-order chi connectivity index (χ1) is 45.3. The third-order valence-corrected chi connectivity index (χ3v) is 16.1. The van der Waals surface area contributed by atoms with Gasteiger partial charge in [-0.3, -0.25) is 52.8 Å². The van der Waals surface area contributed by atoms with Crippen molar-refractivity contribution in [1.29, 1.82) is 0 Å². The molecule has 0 bridgehead atoms. The number of ether oxygens (including phenoxy) is 5. The summed E-state index contributed by atoms with van der Waals surface area (Å²) in [4.78, 5) is 143. The Balaban J connectivity index is 1.16. The van der Waals surface area contributed by atoms with Crippen LogP contribution >= 0.6 is 11.8 Å². The number of imide groups is 1. The Morgan fingerprint density at radius 1 is 0.716 bits per heavy atom. The zero-order valence-electron chi connectivity index (χ0n) is 54.3. The number of amides is 7. The first kappa shape index (κ1) is 77.2. The quantitative estimate of drug-likeness (QED) is 0.0239. The molecule has 4 aromatic rings. The van der Waals surface area contributed by atoms with Crippen molar-refractivity contribution in [2.45, 2.75) is 111 Å². The number of carbonyl (C=O) groups excluding carboxylic acids is 10. The molecule has 0 radical (unpaired) electrons. The van der Waals surface area contributed by atoms with Crippen LogP contribution in [0.5, 0.6) is 0 Å². The average molecular weight is 1340 g/mol. The van der Waals surface area contributed by atoms with E-state index in [1.807, 2.05) is 61.7 Å². The number of nitrogens with zero attached hydrogens (tertiary/aromatic N) is 3. The molecule has 0 saturated heterocycles. The number of carboxylic acid groups (broad SMARTS) is 1. The fourth-order valence-corrected chi connectivity index (χ4v) is 11.1. The maximum atomic E-state index is 15.6. The fraction of sp³-hybridized carbons (Fsp3) is 0.485. The van der Waals surface area contributed by atoms with Crippen molar-refractivity contribution in [2.24, 2.45) is 23.0 Å². The summed E-state index contributed by atoms with van der Waals surface area (Å²) >= 11 is 1.02. The molecule has 1 aromatic heterocycles. The van der Waals surface area contributed by atoms with Crippen molar-refractivity contribution in [3.63, 3.8) is 0 Å². The molecule has 27 heteroatoms. The predicted octanol–water partition coefficient (Wildman–Crippen LogP) is 6.30. The van der Waals surface area contributed by atoms with Gasteiger partial charge in [-0.05, 0) is 60.6 Å². The first-order valence-corrected chi connectivity index (χ1v) is 32.5. The van der Waals surface area contributed by atoms with Crippen LogP contribution in [0.25, 0.3) is 11.1 Å². The summed E-state index contributed by atoms with van der Waals surface area (Å²) in [5.74, 6) is -10.1. The van der Waals surface area contributed by atoms with Crippen LogP contribution in [0.4, 0.5) is 13.6 Å². The molecule has 1 aliphatic rings. The van der Waals surface area contributed by atoms with Gasteiger partial charge in [0.1, 0.15) is 30.6 Å². The molecule has 2 heterocycles. The summed E-state index contributed by atoms with van der Waals surface area (Å²) in [6.45, 7) is 10.2. The number of hydrogen-bond acceptors (Lipinski definition) is 17. The summed E-state index contributed by atoms with van der Waals surface area (Å²) in [5.41, 5.74) is 7.25. The summed E-state index contributed by atoms with van der Waals surface area (Å²) in [6, 6.07) is 19.9. The van der Waals surface area contributed by atoms with Crippen LogP contribution in [0.15, 0.2) is 103 Å². The maximum absolute atomic E-state index is 15.6. The van der Waals surface area contributed by atoms with E-state index in [0.29, 0.717) is 11.3 Å². The molecular weight excluding hydrogens is 1260 g/mol. The number of carbonyl (C=O) groups is 11. The molecule has 0 aliphatic carbocycles. The van der Waals surface area contributed by atoms with Crippen LogP contribution < -0.4 is 21.7 Å². The van der Waals surface area contributed by atoms with Gasteiger partial charge in [-0.25, -0.2) is 13.6 Å². The monoisotopic (exact) mass is 1340 g/mol. The number of halogens is 2. The number of nitrogens with one attached hydrogen (secondary N) is 3. The number of alkyl carbamates (subject to hydrolysis) is 1. The normalized spacial score (nSPS) is 13.7. The van der Waals surface area contributed by atoms with E-state index in [4.69, 9.17) is 29.4 Å². The Morgan fingerprint density at radius 3 is 1.94 bits per heavy atom. The van der Waals surface area contributed by atoms with Gasteiger partial charge in [0, 0.05) is 92.2 Å². The molecule has 24 nitrogen and oxygen atoms in total. The average Bonchev–Trinajstić information content (AvgIpc) is 1.67. The highest BCUT2D eigenvalue weighted by molar-refractivity contribution is 7.99. The molecule has 0 saturated carbocycles. The number of unbranched alkanes of at least 4 members (excludes halogenated alkanes) is 1. The number of rotatable bonds is 45. The Kier molecular flexibility index (Phi) is 32.5. The van der Waals surface area contributed by atoms with Crippen molar-refractivity contribution in [2.75, 3.05) is 84.0 Å². The van der Waals surface area contributed by atoms with E-state index in [9.17, 15) is 62.2 Å². The van der Waals surface area contributed by atoms with Gasteiger partial charge >= 0.3 is 12.1 Å². The van der Waals surface area contributed by atoms with Gasteiger partial charge in [-0.2, -0.15) is 11.8 Å². The van der Waals surface area contributed by atoms with Crippen LogP contribution in [0.2, 0.25) is 0 Å². The molecule has 7 amide bonds. The van der Waals surface area contributed by atoms with Crippen LogP contribution in [-0.4, -0.2) is 180 Å². The Bertz CT molecular complexity index is 3250. The van der Waals surface area contributed by atoms with E-state index in [2.05, 4.69) is 16.0 Å². The molecule has 5 rings (SSSR count). The van der Waals surface area contributed by atoms with Crippen LogP contribution in [-0.2, 0) is 84.8 Å². The first-order valence-electron chi connectivity index (χ1n) is 31.3. The smallest absolute Gasteiger partial charge is 0.408 e. The van der Waals surface area contributed by atoms with Crippen molar-refractivity contribution < 1.29 is 90.3 Å². The molecule has 0 unspecified atom stereocenters. The summed E-state index contributed by atoms with van der Waals surface area (Å²) in [7, 11) is 0. The van der Waals surface area contributed by atoms with Gasteiger partial charge in [-0.15, -0.1) is 0 Å². The number of ketones is 3. The van der Waals surface area contributed by atoms with Gasteiger partial charge in [0.25, 0.3) is 11.8 Å². The molecule has 516 valence electrons. The number of thioether (sulfide) groups is 1. The zero-order valence-corrected chi connectivity index (χ0v) is 55.1. The lowest BCUT2D eigenvalue weighted by Crippen LogP contribution is -2.46. The molecule has 6 N–H and O–H groups in total. The van der Waals surface area contributed by atoms with E-state index in [1.165, 1.54) is 13.8 Å². The number of carboxylic acids is 1. The molecule has 95 heavy (non-hydrogen) atoms.